The highest BCUT2D eigenvalue weighted by Crippen LogP contribution is 2.14. The van der Waals surface area contributed by atoms with Gasteiger partial charge in [-0.05, 0) is 31.0 Å². The quantitative estimate of drug-likeness (QED) is 0.578. The van der Waals surface area contributed by atoms with Gasteiger partial charge >= 0.3 is 6.03 Å². The summed E-state index contributed by atoms with van der Waals surface area (Å²) in [6.45, 7) is 2.07. The maximum atomic E-state index is 12.6. The van der Waals surface area contributed by atoms with Crippen molar-refractivity contribution in [2.24, 2.45) is 0 Å². The molecule has 0 saturated carbocycles. The van der Waals surface area contributed by atoms with Gasteiger partial charge in [-0.15, -0.1) is 10.2 Å². The fourth-order valence-corrected chi connectivity index (χ4v) is 3.52. The molecule has 1 aliphatic heterocycles. The highest BCUT2D eigenvalue weighted by Gasteiger charge is 2.38. The van der Waals surface area contributed by atoms with Crippen LogP contribution in [0.5, 0.6) is 0 Å². The van der Waals surface area contributed by atoms with Crippen LogP contribution in [0.4, 0.5) is 4.79 Å². The molecule has 3 heterocycles. The summed E-state index contributed by atoms with van der Waals surface area (Å²) in [5.41, 5.74) is 1.72. The molecule has 1 fully saturated rings. The standard InChI is InChI=1S/C21H22N6O3/c1-14(19-25-24-17-9-5-6-11-26(17)19)22-18(28)13-16-20(29)27(21(30)23-16)12-10-15-7-3-2-4-8-15/h2-9,11,14,16H,10,12-13H2,1H3,(H,22,28)(H,23,30)/t14-,16+/m1/s1. The summed E-state index contributed by atoms with van der Waals surface area (Å²) < 4.78 is 1.79. The van der Waals surface area contributed by atoms with Gasteiger partial charge in [-0.3, -0.25) is 18.9 Å². The molecule has 4 amide bonds. The second-order valence-corrected chi connectivity index (χ2v) is 7.21. The second kappa shape index (κ2) is 8.32. The van der Waals surface area contributed by atoms with Gasteiger partial charge < -0.3 is 10.6 Å². The predicted molar refractivity (Wildman–Crippen MR) is 108 cm³/mol. The molecular formula is C21H22N6O3. The normalized spacial score (nSPS) is 17.2. The monoisotopic (exact) mass is 406 g/mol. The molecule has 1 aromatic carbocycles. The van der Waals surface area contributed by atoms with Crippen LogP contribution < -0.4 is 10.6 Å². The Morgan fingerprint density at radius 2 is 1.90 bits per heavy atom. The average Bonchev–Trinajstić information content (AvgIpc) is 3.28. The highest BCUT2D eigenvalue weighted by molar-refractivity contribution is 6.05. The van der Waals surface area contributed by atoms with Crippen molar-refractivity contribution in [2.75, 3.05) is 6.54 Å². The van der Waals surface area contributed by atoms with Crippen LogP contribution in [0.2, 0.25) is 0 Å². The van der Waals surface area contributed by atoms with E-state index in [1.54, 1.807) is 11.3 Å². The molecule has 9 nitrogen and oxygen atoms in total. The number of nitrogens with zero attached hydrogens (tertiary/aromatic N) is 4. The van der Waals surface area contributed by atoms with E-state index >= 15 is 0 Å². The summed E-state index contributed by atoms with van der Waals surface area (Å²) >= 11 is 0. The minimum Gasteiger partial charge on any atom is -0.346 e. The fourth-order valence-electron chi connectivity index (χ4n) is 3.52. The van der Waals surface area contributed by atoms with E-state index in [4.69, 9.17) is 0 Å². The van der Waals surface area contributed by atoms with E-state index in [0.717, 1.165) is 5.56 Å². The fraction of sp³-hybridized carbons (Fsp3) is 0.286. The van der Waals surface area contributed by atoms with Gasteiger partial charge in [0, 0.05) is 12.7 Å². The minimum atomic E-state index is -0.865. The third-order valence-corrected chi connectivity index (χ3v) is 5.07. The summed E-state index contributed by atoms with van der Waals surface area (Å²) in [5.74, 6) is -0.143. The maximum Gasteiger partial charge on any atom is 0.324 e. The number of aromatic nitrogens is 3. The highest BCUT2D eigenvalue weighted by atomic mass is 16.2. The molecule has 0 bridgehead atoms. The van der Waals surface area contributed by atoms with E-state index < -0.39 is 18.1 Å². The summed E-state index contributed by atoms with van der Waals surface area (Å²) in [5, 5.41) is 13.6. The number of hydrogen-bond acceptors (Lipinski definition) is 5. The first-order chi connectivity index (χ1) is 14.5. The Morgan fingerprint density at radius 3 is 2.70 bits per heavy atom. The van der Waals surface area contributed by atoms with Gasteiger partial charge in [-0.2, -0.15) is 0 Å². The summed E-state index contributed by atoms with van der Waals surface area (Å²) in [4.78, 5) is 38.4. The van der Waals surface area contributed by atoms with Gasteiger partial charge in [0.15, 0.2) is 11.5 Å². The van der Waals surface area contributed by atoms with E-state index in [-0.39, 0.29) is 24.8 Å². The van der Waals surface area contributed by atoms with E-state index in [2.05, 4.69) is 20.8 Å². The Morgan fingerprint density at radius 1 is 1.13 bits per heavy atom. The zero-order valence-corrected chi connectivity index (χ0v) is 16.5. The van der Waals surface area contributed by atoms with E-state index in [1.165, 1.54) is 4.90 Å². The molecule has 30 heavy (non-hydrogen) atoms. The summed E-state index contributed by atoms with van der Waals surface area (Å²) in [6.07, 6.45) is 2.25. The lowest BCUT2D eigenvalue weighted by molar-refractivity contribution is -0.131. The Kier molecular flexibility index (Phi) is 5.42. The zero-order valence-electron chi connectivity index (χ0n) is 16.5. The maximum absolute atomic E-state index is 12.6. The van der Waals surface area contributed by atoms with Crippen molar-refractivity contribution < 1.29 is 14.4 Å². The molecule has 2 aromatic heterocycles. The molecular weight excluding hydrogens is 384 g/mol. The number of carbonyl (C=O) groups is 3. The van der Waals surface area contributed by atoms with Gasteiger partial charge in [0.2, 0.25) is 5.91 Å². The second-order valence-electron chi connectivity index (χ2n) is 7.21. The summed E-state index contributed by atoms with van der Waals surface area (Å²) in [6, 6.07) is 13.4. The first kappa shape index (κ1) is 19.6. The molecule has 0 unspecified atom stereocenters. The van der Waals surface area contributed by atoms with E-state index in [0.29, 0.717) is 17.9 Å². The summed E-state index contributed by atoms with van der Waals surface area (Å²) in [7, 11) is 0. The number of amides is 4. The number of fused-ring (bicyclic) bond motifs is 1. The molecule has 1 saturated heterocycles. The molecule has 1 aliphatic rings. The number of pyridine rings is 1. The van der Waals surface area contributed by atoms with Crippen LogP contribution in [0.15, 0.2) is 54.7 Å². The Hall–Kier alpha value is -3.75. The number of benzene rings is 1. The van der Waals surface area contributed by atoms with Crippen molar-refractivity contribution in [1.82, 2.24) is 30.1 Å². The Balaban J connectivity index is 1.34. The Bertz CT molecular complexity index is 1080. The molecule has 3 aromatic rings. The molecule has 9 heteroatoms. The SMILES string of the molecule is C[C@@H](NC(=O)C[C@@H]1NC(=O)N(CCc2ccccc2)C1=O)c1nnc2ccccn12. The Labute approximate surface area is 173 Å². The zero-order chi connectivity index (χ0) is 21.1. The van der Waals surface area contributed by atoms with Crippen molar-refractivity contribution in [3.63, 3.8) is 0 Å². The number of carbonyl (C=O) groups excluding carboxylic acids is 3. The van der Waals surface area contributed by atoms with Crippen molar-refractivity contribution in [2.45, 2.75) is 31.8 Å². The van der Waals surface area contributed by atoms with Crippen LogP contribution in [0, 0.1) is 0 Å². The van der Waals surface area contributed by atoms with Crippen LogP contribution in [-0.2, 0) is 16.0 Å². The number of urea groups is 1. The molecule has 2 atom stereocenters. The first-order valence-corrected chi connectivity index (χ1v) is 9.78. The van der Waals surface area contributed by atoms with Crippen molar-refractivity contribution in [3.05, 3.63) is 66.1 Å². The van der Waals surface area contributed by atoms with Crippen molar-refractivity contribution in [1.29, 1.82) is 0 Å². The predicted octanol–water partition coefficient (Wildman–Crippen LogP) is 1.46. The van der Waals surface area contributed by atoms with E-state index in [1.807, 2.05) is 54.7 Å². The van der Waals surface area contributed by atoms with Crippen LogP contribution in [-0.4, -0.2) is 49.9 Å². The molecule has 154 valence electrons. The van der Waals surface area contributed by atoms with Gasteiger partial charge in [0.25, 0.3) is 5.91 Å². The van der Waals surface area contributed by atoms with Gasteiger partial charge in [0.05, 0.1) is 12.5 Å². The smallest absolute Gasteiger partial charge is 0.324 e. The largest absolute Gasteiger partial charge is 0.346 e. The average molecular weight is 406 g/mol. The lowest BCUT2D eigenvalue weighted by Gasteiger charge is -2.15. The molecule has 4 rings (SSSR count). The molecule has 0 spiro atoms. The molecule has 0 radical (unpaired) electrons. The number of rotatable bonds is 7. The van der Waals surface area contributed by atoms with Crippen LogP contribution in [0.1, 0.15) is 30.8 Å². The third kappa shape index (κ3) is 4.00. The first-order valence-electron chi connectivity index (χ1n) is 9.78. The topological polar surface area (TPSA) is 109 Å². The number of imide groups is 1. The van der Waals surface area contributed by atoms with Crippen LogP contribution in [0.25, 0.3) is 5.65 Å². The number of nitrogens with one attached hydrogen (secondary N) is 2. The van der Waals surface area contributed by atoms with Crippen LogP contribution in [0.3, 0.4) is 0 Å². The van der Waals surface area contributed by atoms with Gasteiger partial charge in [0.1, 0.15) is 6.04 Å². The van der Waals surface area contributed by atoms with Crippen molar-refractivity contribution in [3.8, 4) is 0 Å². The van der Waals surface area contributed by atoms with Gasteiger partial charge in [-0.25, -0.2) is 4.79 Å². The minimum absolute atomic E-state index is 0.131. The lowest BCUT2D eigenvalue weighted by atomic mass is 10.1. The van der Waals surface area contributed by atoms with E-state index in [9.17, 15) is 14.4 Å². The van der Waals surface area contributed by atoms with Crippen molar-refractivity contribution >= 4 is 23.5 Å². The molecule has 2 N–H and O–H groups in total. The third-order valence-electron chi connectivity index (χ3n) is 5.07. The molecule has 0 aliphatic carbocycles. The van der Waals surface area contributed by atoms with Crippen LogP contribution >= 0.6 is 0 Å². The number of hydrogen-bond donors (Lipinski definition) is 2. The lowest BCUT2D eigenvalue weighted by Crippen LogP contribution is -2.38. The van der Waals surface area contributed by atoms with Gasteiger partial charge in [-0.1, -0.05) is 36.4 Å².